The van der Waals surface area contributed by atoms with E-state index in [2.05, 4.69) is 9.71 Å². The van der Waals surface area contributed by atoms with E-state index in [-0.39, 0.29) is 33.8 Å². The van der Waals surface area contributed by atoms with Crippen LogP contribution < -0.4 is 4.72 Å². The molecule has 0 unspecified atom stereocenters. The number of pyridine rings is 1. The topological polar surface area (TPSA) is 96.4 Å². The molecular formula is C21H17F3N2O4S. The Morgan fingerprint density at radius 2 is 1.84 bits per heavy atom. The number of aromatic carboxylic acids is 1. The molecule has 0 aliphatic rings. The van der Waals surface area contributed by atoms with Gasteiger partial charge in [-0.05, 0) is 48.4 Å². The molecule has 1 aromatic heterocycles. The van der Waals surface area contributed by atoms with Crippen LogP contribution in [0.3, 0.4) is 0 Å². The fourth-order valence-corrected chi connectivity index (χ4v) is 4.39. The number of nitrogens with zero attached hydrogens (tertiary/aromatic N) is 1. The van der Waals surface area contributed by atoms with Gasteiger partial charge in [-0.3, -0.25) is 9.71 Å². The first-order valence-electron chi connectivity index (χ1n) is 9.04. The van der Waals surface area contributed by atoms with Gasteiger partial charge in [0.05, 0.1) is 27.4 Å². The standard InChI is InChI=1S/C21H17F3N2O4S/c1-2-13-6-7-14(20(27)28)11-19(13)31(29,30)26-18-12-15(21(22,23)24)8-9-16(18)17-5-3-4-10-25-17/h3-12,26H,2H2,1H3,(H,27,28). The summed E-state index contributed by atoms with van der Waals surface area (Å²) in [4.78, 5) is 15.0. The van der Waals surface area contributed by atoms with Crippen LogP contribution in [0.15, 0.2) is 65.7 Å². The van der Waals surface area contributed by atoms with Crippen molar-refractivity contribution in [3.8, 4) is 11.3 Å². The van der Waals surface area contributed by atoms with Gasteiger partial charge in [0.15, 0.2) is 0 Å². The summed E-state index contributed by atoms with van der Waals surface area (Å²) in [6.45, 7) is 1.68. The number of alkyl halides is 3. The second-order valence-corrected chi connectivity index (χ2v) is 8.21. The van der Waals surface area contributed by atoms with Crippen molar-refractivity contribution in [1.29, 1.82) is 0 Å². The number of carbonyl (C=O) groups is 1. The van der Waals surface area contributed by atoms with Crippen molar-refractivity contribution < 1.29 is 31.5 Å². The zero-order chi connectivity index (χ0) is 22.8. The average Bonchev–Trinajstić information content (AvgIpc) is 2.73. The predicted molar refractivity (Wildman–Crippen MR) is 108 cm³/mol. The predicted octanol–water partition coefficient (Wildman–Crippen LogP) is 4.83. The van der Waals surface area contributed by atoms with Crippen molar-refractivity contribution in [2.75, 3.05) is 4.72 Å². The highest BCUT2D eigenvalue weighted by Gasteiger charge is 2.32. The second-order valence-electron chi connectivity index (χ2n) is 6.56. The van der Waals surface area contributed by atoms with Gasteiger partial charge in [-0.1, -0.05) is 25.1 Å². The first-order valence-corrected chi connectivity index (χ1v) is 10.5. The number of benzene rings is 2. The van der Waals surface area contributed by atoms with E-state index in [9.17, 15) is 31.5 Å². The quantitative estimate of drug-likeness (QED) is 0.561. The maximum atomic E-state index is 13.3. The minimum atomic E-state index is -4.69. The summed E-state index contributed by atoms with van der Waals surface area (Å²) in [6, 6.07) is 11.0. The molecule has 3 aromatic rings. The largest absolute Gasteiger partial charge is 0.478 e. The Balaban J connectivity index is 2.17. The molecule has 0 fully saturated rings. The lowest BCUT2D eigenvalue weighted by molar-refractivity contribution is -0.137. The third kappa shape index (κ3) is 4.85. The molecule has 6 nitrogen and oxygen atoms in total. The molecule has 162 valence electrons. The van der Waals surface area contributed by atoms with Crippen molar-refractivity contribution in [1.82, 2.24) is 4.98 Å². The summed E-state index contributed by atoms with van der Waals surface area (Å²) in [5.74, 6) is -1.33. The normalized spacial score (nSPS) is 11.9. The molecule has 31 heavy (non-hydrogen) atoms. The maximum absolute atomic E-state index is 13.3. The number of aromatic nitrogens is 1. The molecule has 0 atom stereocenters. The van der Waals surface area contributed by atoms with E-state index in [0.29, 0.717) is 11.6 Å². The summed E-state index contributed by atoms with van der Waals surface area (Å²) >= 11 is 0. The van der Waals surface area contributed by atoms with Crippen LogP contribution in [0.25, 0.3) is 11.3 Å². The average molecular weight is 450 g/mol. The molecule has 0 saturated carbocycles. The van der Waals surface area contributed by atoms with E-state index >= 15 is 0 Å². The van der Waals surface area contributed by atoms with Gasteiger partial charge in [0.1, 0.15) is 0 Å². The van der Waals surface area contributed by atoms with Crippen LogP contribution in [0.1, 0.15) is 28.4 Å². The molecule has 0 saturated heterocycles. The number of halogens is 3. The zero-order valence-electron chi connectivity index (χ0n) is 16.1. The van der Waals surface area contributed by atoms with Crippen molar-refractivity contribution >= 4 is 21.7 Å². The van der Waals surface area contributed by atoms with Crippen LogP contribution in [-0.2, 0) is 22.6 Å². The zero-order valence-corrected chi connectivity index (χ0v) is 17.0. The Hall–Kier alpha value is -3.40. The molecule has 2 N–H and O–H groups in total. The molecule has 1 heterocycles. The summed E-state index contributed by atoms with van der Waals surface area (Å²) < 4.78 is 68.2. The molecule has 2 aromatic carbocycles. The van der Waals surface area contributed by atoms with E-state index in [1.807, 2.05) is 0 Å². The highest BCUT2D eigenvalue weighted by Crippen LogP contribution is 2.36. The van der Waals surface area contributed by atoms with Gasteiger partial charge in [0.2, 0.25) is 0 Å². The SMILES string of the molecule is CCc1ccc(C(=O)O)cc1S(=O)(=O)Nc1cc(C(F)(F)F)ccc1-c1ccccn1. The van der Waals surface area contributed by atoms with Crippen molar-refractivity contribution in [3.05, 3.63) is 77.5 Å². The number of rotatable bonds is 6. The Kier molecular flexibility index (Phi) is 6.03. The number of hydrogen-bond acceptors (Lipinski definition) is 4. The highest BCUT2D eigenvalue weighted by molar-refractivity contribution is 7.92. The lowest BCUT2D eigenvalue weighted by atomic mass is 10.1. The number of sulfonamides is 1. The van der Waals surface area contributed by atoms with Crippen molar-refractivity contribution in [3.63, 3.8) is 0 Å². The number of carboxylic acids is 1. The third-order valence-corrected chi connectivity index (χ3v) is 5.96. The van der Waals surface area contributed by atoms with E-state index in [1.165, 1.54) is 24.4 Å². The van der Waals surface area contributed by atoms with Gasteiger partial charge in [0, 0.05) is 11.8 Å². The van der Waals surface area contributed by atoms with Crippen LogP contribution in [0.2, 0.25) is 0 Å². The minimum Gasteiger partial charge on any atom is -0.478 e. The van der Waals surface area contributed by atoms with Gasteiger partial charge in [-0.25, -0.2) is 13.2 Å². The summed E-state index contributed by atoms with van der Waals surface area (Å²) in [5, 5.41) is 9.20. The smallest absolute Gasteiger partial charge is 0.416 e. The Bertz CT molecular complexity index is 1230. The minimum absolute atomic E-state index is 0.143. The van der Waals surface area contributed by atoms with Crippen LogP contribution >= 0.6 is 0 Å². The number of anilines is 1. The molecule has 0 radical (unpaired) electrons. The molecule has 0 bridgehead atoms. The fourth-order valence-electron chi connectivity index (χ4n) is 2.98. The third-order valence-electron chi connectivity index (χ3n) is 4.52. The lowest BCUT2D eigenvalue weighted by Crippen LogP contribution is -2.17. The molecule has 0 amide bonds. The Labute approximate surface area is 176 Å². The molecular weight excluding hydrogens is 433 g/mol. The maximum Gasteiger partial charge on any atom is 0.416 e. The molecule has 0 aliphatic heterocycles. The van der Waals surface area contributed by atoms with E-state index in [1.54, 1.807) is 19.1 Å². The van der Waals surface area contributed by atoms with E-state index in [0.717, 1.165) is 18.2 Å². The van der Waals surface area contributed by atoms with Gasteiger partial charge >= 0.3 is 12.1 Å². The van der Waals surface area contributed by atoms with Gasteiger partial charge in [0.25, 0.3) is 10.0 Å². The van der Waals surface area contributed by atoms with Gasteiger partial charge in [-0.15, -0.1) is 0 Å². The summed E-state index contributed by atoms with van der Waals surface area (Å²) in [6.07, 6.45) is -3.00. The van der Waals surface area contributed by atoms with E-state index in [4.69, 9.17) is 0 Å². The fraction of sp³-hybridized carbons (Fsp3) is 0.143. The van der Waals surface area contributed by atoms with Crippen LogP contribution in [0, 0.1) is 0 Å². The first-order chi connectivity index (χ1) is 14.5. The second kappa shape index (κ2) is 8.38. The Morgan fingerprint density at radius 3 is 2.42 bits per heavy atom. The molecule has 0 aliphatic carbocycles. The number of hydrogen-bond donors (Lipinski definition) is 2. The molecule has 3 rings (SSSR count). The number of aryl methyl sites for hydroxylation is 1. The van der Waals surface area contributed by atoms with Crippen molar-refractivity contribution in [2.24, 2.45) is 0 Å². The van der Waals surface area contributed by atoms with Crippen LogP contribution in [0.4, 0.5) is 18.9 Å². The van der Waals surface area contributed by atoms with Gasteiger partial charge < -0.3 is 5.11 Å². The van der Waals surface area contributed by atoms with Gasteiger partial charge in [-0.2, -0.15) is 13.2 Å². The summed E-state index contributed by atoms with van der Waals surface area (Å²) in [5.41, 5.74) is -0.889. The Morgan fingerprint density at radius 1 is 1.10 bits per heavy atom. The monoisotopic (exact) mass is 450 g/mol. The number of carboxylic acid groups (broad SMARTS) is 1. The lowest BCUT2D eigenvalue weighted by Gasteiger charge is -2.17. The van der Waals surface area contributed by atoms with Crippen molar-refractivity contribution in [2.45, 2.75) is 24.4 Å². The number of nitrogens with one attached hydrogen (secondary N) is 1. The summed E-state index contributed by atoms with van der Waals surface area (Å²) in [7, 11) is -4.41. The first kappa shape index (κ1) is 22.3. The van der Waals surface area contributed by atoms with Crippen LogP contribution in [-0.4, -0.2) is 24.5 Å². The molecule has 0 spiro atoms. The molecule has 10 heteroatoms. The van der Waals surface area contributed by atoms with E-state index < -0.39 is 27.7 Å². The van der Waals surface area contributed by atoms with Crippen LogP contribution in [0.5, 0.6) is 0 Å². The highest BCUT2D eigenvalue weighted by atomic mass is 32.2.